The lowest BCUT2D eigenvalue weighted by Gasteiger charge is -2.18. The molecule has 0 aromatic carbocycles. The number of alkyl halides is 1. The Bertz CT molecular complexity index is 96.2. The second kappa shape index (κ2) is 5.31. The van der Waals surface area contributed by atoms with E-state index in [0.29, 0.717) is 10.7 Å². The zero-order valence-electron chi connectivity index (χ0n) is 7.98. The molecular weight excluding hydrogens is 176 g/mol. The van der Waals surface area contributed by atoms with Crippen molar-refractivity contribution in [3.8, 4) is 0 Å². The van der Waals surface area contributed by atoms with Gasteiger partial charge in [0.1, 0.15) is 0 Å². The minimum atomic E-state index is 0.471. The van der Waals surface area contributed by atoms with Crippen molar-refractivity contribution >= 4 is 23.4 Å². The van der Waals surface area contributed by atoms with Gasteiger partial charge in [0.05, 0.1) is 0 Å². The third kappa shape index (κ3) is 8.55. The Labute approximate surface area is 80.1 Å². The van der Waals surface area contributed by atoms with Gasteiger partial charge in [-0.3, -0.25) is 0 Å². The molecule has 0 heterocycles. The highest BCUT2D eigenvalue weighted by molar-refractivity contribution is 7.99. The second-order valence-electron chi connectivity index (χ2n) is 4.15. The highest BCUT2D eigenvalue weighted by atomic mass is 35.5. The molecule has 2 heteroatoms. The third-order valence-electron chi connectivity index (χ3n) is 1.47. The summed E-state index contributed by atoms with van der Waals surface area (Å²) in [5.74, 6) is 2.01. The molecule has 1 atom stereocenters. The molecule has 0 amide bonds. The largest absolute Gasteiger partial charge is 0.158 e. The summed E-state index contributed by atoms with van der Waals surface area (Å²) in [4.78, 5) is 0. The summed E-state index contributed by atoms with van der Waals surface area (Å²) in [7, 11) is 0. The van der Waals surface area contributed by atoms with Gasteiger partial charge < -0.3 is 0 Å². The van der Waals surface area contributed by atoms with Gasteiger partial charge in [-0.05, 0) is 17.6 Å². The van der Waals surface area contributed by atoms with E-state index in [-0.39, 0.29) is 0 Å². The van der Waals surface area contributed by atoms with E-state index in [9.17, 15) is 0 Å². The highest BCUT2D eigenvalue weighted by Crippen LogP contribution is 2.23. The normalized spacial score (nSPS) is 15.0. The van der Waals surface area contributed by atoms with Gasteiger partial charge in [0.2, 0.25) is 0 Å². The zero-order chi connectivity index (χ0) is 8.91. The van der Waals surface area contributed by atoms with E-state index in [1.54, 1.807) is 0 Å². The van der Waals surface area contributed by atoms with E-state index in [2.05, 4.69) is 27.7 Å². The fourth-order valence-corrected chi connectivity index (χ4v) is 2.10. The molecule has 0 saturated heterocycles. The molecule has 0 nitrogen and oxygen atoms in total. The van der Waals surface area contributed by atoms with Crippen LogP contribution < -0.4 is 0 Å². The maximum atomic E-state index is 5.68. The van der Waals surface area contributed by atoms with E-state index in [1.165, 1.54) is 12.2 Å². The van der Waals surface area contributed by atoms with Crippen LogP contribution in [-0.2, 0) is 0 Å². The first-order chi connectivity index (χ1) is 4.95. The van der Waals surface area contributed by atoms with Crippen LogP contribution in [0.2, 0.25) is 0 Å². The Morgan fingerprint density at radius 2 is 1.91 bits per heavy atom. The van der Waals surface area contributed by atoms with E-state index in [0.717, 1.165) is 5.88 Å². The van der Waals surface area contributed by atoms with Gasteiger partial charge in [-0.15, -0.1) is 11.6 Å². The van der Waals surface area contributed by atoms with Crippen LogP contribution in [0.15, 0.2) is 0 Å². The van der Waals surface area contributed by atoms with Crippen LogP contribution in [-0.4, -0.2) is 16.9 Å². The molecule has 0 saturated carbocycles. The molecule has 0 aromatic rings. The standard InChI is InChI=1S/C9H19ClS/c1-8(7-10)11-6-5-9(2,3)4/h8H,5-7H2,1-4H3. The predicted molar refractivity (Wildman–Crippen MR) is 56.7 cm³/mol. The van der Waals surface area contributed by atoms with E-state index in [1.807, 2.05) is 11.8 Å². The molecule has 0 fully saturated rings. The molecule has 0 aliphatic heterocycles. The summed E-state index contributed by atoms with van der Waals surface area (Å²) in [6.45, 7) is 9.01. The Morgan fingerprint density at radius 3 is 2.27 bits per heavy atom. The highest BCUT2D eigenvalue weighted by Gasteiger charge is 2.10. The summed E-state index contributed by atoms with van der Waals surface area (Å²) in [6.07, 6.45) is 1.28. The van der Waals surface area contributed by atoms with Gasteiger partial charge in [-0.1, -0.05) is 27.7 Å². The Balaban J connectivity index is 3.28. The first kappa shape index (κ1) is 11.6. The van der Waals surface area contributed by atoms with Crippen LogP contribution in [0.25, 0.3) is 0 Å². The van der Waals surface area contributed by atoms with Crippen LogP contribution >= 0.6 is 23.4 Å². The van der Waals surface area contributed by atoms with Gasteiger partial charge in [-0.25, -0.2) is 0 Å². The second-order valence-corrected chi connectivity index (χ2v) is 6.00. The van der Waals surface area contributed by atoms with Crippen molar-refractivity contribution in [1.82, 2.24) is 0 Å². The average Bonchev–Trinajstić information content (AvgIpc) is 1.85. The fraction of sp³-hybridized carbons (Fsp3) is 1.00. The molecule has 0 bridgehead atoms. The van der Waals surface area contributed by atoms with Crippen LogP contribution in [0, 0.1) is 5.41 Å². The first-order valence-corrected chi connectivity index (χ1v) is 5.71. The van der Waals surface area contributed by atoms with Crippen molar-refractivity contribution in [2.24, 2.45) is 5.41 Å². The van der Waals surface area contributed by atoms with E-state index < -0.39 is 0 Å². The number of hydrogen-bond donors (Lipinski definition) is 0. The van der Waals surface area contributed by atoms with Crippen LogP contribution in [0.3, 0.4) is 0 Å². The molecule has 0 aliphatic carbocycles. The molecular formula is C9H19ClS. The quantitative estimate of drug-likeness (QED) is 0.614. The summed E-state index contributed by atoms with van der Waals surface area (Å²) in [5.41, 5.74) is 0.471. The van der Waals surface area contributed by atoms with Crippen LogP contribution in [0.1, 0.15) is 34.1 Å². The average molecular weight is 195 g/mol. The molecule has 1 unspecified atom stereocenters. The Morgan fingerprint density at radius 1 is 1.36 bits per heavy atom. The SMILES string of the molecule is CC(CCl)SCCC(C)(C)C. The maximum absolute atomic E-state index is 5.68. The van der Waals surface area contributed by atoms with Gasteiger partial charge in [-0.2, -0.15) is 11.8 Å². The van der Waals surface area contributed by atoms with Crippen molar-refractivity contribution in [2.75, 3.05) is 11.6 Å². The molecule has 0 radical (unpaired) electrons. The van der Waals surface area contributed by atoms with Crippen molar-refractivity contribution in [1.29, 1.82) is 0 Å². The van der Waals surface area contributed by atoms with Gasteiger partial charge in [0, 0.05) is 11.1 Å². The van der Waals surface area contributed by atoms with E-state index in [4.69, 9.17) is 11.6 Å². The Hall–Kier alpha value is 0.640. The summed E-state index contributed by atoms with van der Waals surface area (Å²) >= 11 is 7.65. The molecule has 0 rings (SSSR count). The van der Waals surface area contributed by atoms with Crippen molar-refractivity contribution in [2.45, 2.75) is 39.4 Å². The van der Waals surface area contributed by atoms with Gasteiger partial charge in [0.25, 0.3) is 0 Å². The minimum Gasteiger partial charge on any atom is -0.158 e. The lowest BCUT2D eigenvalue weighted by atomic mass is 9.94. The first-order valence-electron chi connectivity index (χ1n) is 4.13. The van der Waals surface area contributed by atoms with Crippen molar-refractivity contribution in [3.63, 3.8) is 0 Å². The lowest BCUT2D eigenvalue weighted by Crippen LogP contribution is -2.08. The van der Waals surface area contributed by atoms with Crippen molar-refractivity contribution in [3.05, 3.63) is 0 Å². The molecule has 0 aliphatic rings. The topological polar surface area (TPSA) is 0 Å². The number of hydrogen-bond acceptors (Lipinski definition) is 1. The summed E-state index contributed by atoms with van der Waals surface area (Å²) in [6, 6.07) is 0. The summed E-state index contributed by atoms with van der Waals surface area (Å²) in [5, 5.41) is 0.610. The maximum Gasteiger partial charge on any atom is 0.0339 e. The zero-order valence-corrected chi connectivity index (χ0v) is 9.56. The molecule has 0 N–H and O–H groups in total. The van der Waals surface area contributed by atoms with E-state index >= 15 is 0 Å². The predicted octanol–water partition coefficient (Wildman–Crippen LogP) is 3.78. The number of halogens is 1. The van der Waals surface area contributed by atoms with Gasteiger partial charge in [0.15, 0.2) is 0 Å². The monoisotopic (exact) mass is 194 g/mol. The molecule has 0 aromatic heterocycles. The third-order valence-corrected chi connectivity index (χ3v) is 3.29. The lowest BCUT2D eigenvalue weighted by molar-refractivity contribution is 0.401. The molecule has 0 spiro atoms. The van der Waals surface area contributed by atoms with Crippen LogP contribution in [0.5, 0.6) is 0 Å². The number of rotatable bonds is 4. The Kier molecular flexibility index (Phi) is 5.62. The fourth-order valence-electron chi connectivity index (χ4n) is 0.611. The number of thioether (sulfide) groups is 1. The summed E-state index contributed by atoms with van der Waals surface area (Å²) < 4.78 is 0. The smallest absolute Gasteiger partial charge is 0.0339 e. The van der Waals surface area contributed by atoms with Crippen molar-refractivity contribution < 1.29 is 0 Å². The minimum absolute atomic E-state index is 0.471. The molecule has 68 valence electrons. The molecule has 11 heavy (non-hydrogen) atoms. The van der Waals surface area contributed by atoms with Gasteiger partial charge >= 0.3 is 0 Å². The van der Waals surface area contributed by atoms with Crippen LogP contribution in [0.4, 0.5) is 0 Å².